The first-order valence-corrected chi connectivity index (χ1v) is 4.40. The molecule has 3 heteroatoms. The molecule has 0 bridgehead atoms. The molecule has 1 aromatic carbocycles. The maximum Gasteiger partial charge on any atom is 0.309 e. The lowest BCUT2D eigenvalue weighted by molar-refractivity contribution is -0.139. The zero-order chi connectivity index (χ0) is 10.7. The minimum atomic E-state index is -0.269. The highest BCUT2D eigenvalue weighted by Crippen LogP contribution is 2.23. The van der Waals surface area contributed by atoms with Crippen molar-refractivity contribution in [3.8, 4) is 5.75 Å². The predicted molar refractivity (Wildman–Crippen MR) is 53.3 cm³/mol. The van der Waals surface area contributed by atoms with E-state index in [9.17, 15) is 9.90 Å². The fraction of sp³-hybridized carbons (Fsp3) is 0.364. The molecule has 76 valence electrons. The zero-order valence-electron chi connectivity index (χ0n) is 8.63. The van der Waals surface area contributed by atoms with Crippen LogP contribution in [-0.2, 0) is 16.0 Å². The first kappa shape index (κ1) is 10.6. The Labute approximate surface area is 83.3 Å². The van der Waals surface area contributed by atoms with E-state index in [0.717, 1.165) is 16.7 Å². The topological polar surface area (TPSA) is 46.5 Å². The molecule has 0 saturated heterocycles. The van der Waals surface area contributed by atoms with Crippen molar-refractivity contribution in [3.63, 3.8) is 0 Å². The molecule has 0 aliphatic rings. The van der Waals surface area contributed by atoms with Gasteiger partial charge in [0.25, 0.3) is 0 Å². The summed E-state index contributed by atoms with van der Waals surface area (Å²) in [4.78, 5) is 11.0. The molecule has 1 aromatic rings. The van der Waals surface area contributed by atoms with Crippen LogP contribution < -0.4 is 0 Å². The molecule has 0 fully saturated rings. The predicted octanol–water partition coefficient (Wildman–Crippen LogP) is 1.72. The minimum Gasteiger partial charge on any atom is -0.507 e. The van der Waals surface area contributed by atoms with Crippen molar-refractivity contribution in [2.45, 2.75) is 20.3 Å². The molecule has 0 atom stereocenters. The molecule has 0 aliphatic heterocycles. The molecule has 0 radical (unpaired) electrons. The number of ether oxygens (including phenoxy) is 1. The van der Waals surface area contributed by atoms with E-state index in [2.05, 4.69) is 4.74 Å². The Morgan fingerprint density at radius 1 is 1.36 bits per heavy atom. The van der Waals surface area contributed by atoms with Crippen molar-refractivity contribution < 1.29 is 14.6 Å². The van der Waals surface area contributed by atoms with Crippen molar-refractivity contribution >= 4 is 5.97 Å². The second kappa shape index (κ2) is 4.13. The molecule has 0 amide bonds. The van der Waals surface area contributed by atoms with Crippen LogP contribution in [0.2, 0.25) is 0 Å². The first-order chi connectivity index (χ1) is 6.54. The molecule has 0 unspecified atom stereocenters. The Bertz CT molecular complexity index is 333. The van der Waals surface area contributed by atoms with E-state index in [0.29, 0.717) is 5.75 Å². The standard InChI is InChI=1S/C11H14O3/c1-7-4-9(6-10(12)14-3)5-8(2)11(7)13/h4-5,13H,6H2,1-3H3. The Kier molecular flexibility index (Phi) is 3.12. The number of carbonyl (C=O) groups excluding carboxylic acids is 1. The average molecular weight is 194 g/mol. The van der Waals surface area contributed by atoms with Crippen LogP contribution in [0.4, 0.5) is 0 Å². The van der Waals surface area contributed by atoms with Gasteiger partial charge in [0.2, 0.25) is 0 Å². The number of aryl methyl sites for hydroxylation is 2. The second-order valence-electron chi connectivity index (χ2n) is 3.33. The van der Waals surface area contributed by atoms with Gasteiger partial charge in [-0.05, 0) is 30.5 Å². The van der Waals surface area contributed by atoms with Crippen LogP contribution in [0.5, 0.6) is 5.75 Å². The number of aromatic hydroxyl groups is 1. The third kappa shape index (κ3) is 2.25. The van der Waals surface area contributed by atoms with Crippen molar-refractivity contribution in [1.82, 2.24) is 0 Å². The number of phenolic OH excluding ortho intramolecular Hbond substituents is 1. The normalized spacial score (nSPS) is 9.93. The summed E-state index contributed by atoms with van der Waals surface area (Å²) in [6.07, 6.45) is 0.248. The summed E-state index contributed by atoms with van der Waals surface area (Å²) in [5, 5.41) is 9.51. The Morgan fingerprint density at radius 2 is 1.86 bits per heavy atom. The van der Waals surface area contributed by atoms with Crippen molar-refractivity contribution in [3.05, 3.63) is 28.8 Å². The molecule has 0 saturated carbocycles. The van der Waals surface area contributed by atoms with Gasteiger partial charge in [0.1, 0.15) is 5.75 Å². The third-order valence-electron chi connectivity index (χ3n) is 2.13. The maximum absolute atomic E-state index is 11.0. The number of carbonyl (C=O) groups is 1. The summed E-state index contributed by atoms with van der Waals surface area (Å²) in [5.41, 5.74) is 2.43. The first-order valence-electron chi connectivity index (χ1n) is 4.40. The van der Waals surface area contributed by atoms with Crippen LogP contribution >= 0.6 is 0 Å². The number of rotatable bonds is 2. The number of methoxy groups -OCH3 is 1. The molecular weight excluding hydrogens is 180 g/mol. The van der Waals surface area contributed by atoms with Gasteiger partial charge in [0.05, 0.1) is 13.5 Å². The van der Waals surface area contributed by atoms with E-state index in [-0.39, 0.29) is 12.4 Å². The van der Waals surface area contributed by atoms with E-state index in [1.54, 1.807) is 12.1 Å². The van der Waals surface area contributed by atoms with Gasteiger partial charge in [-0.15, -0.1) is 0 Å². The SMILES string of the molecule is COC(=O)Cc1cc(C)c(O)c(C)c1. The fourth-order valence-electron chi connectivity index (χ4n) is 1.39. The average Bonchev–Trinajstić information content (AvgIpc) is 2.14. The van der Waals surface area contributed by atoms with Gasteiger partial charge in [-0.1, -0.05) is 12.1 Å². The van der Waals surface area contributed by atoms with Gasteiger partial charge in [-0.25, -0.2) is 0 Å². The number of benzene rings is 1. The summed E-state index contributed by atoms with van der Waals surface area (Å²) in [7, 11) is 1.36. The summed E-state index contributed by atoms with van der Waals surface area (Å²) in [6, 6.07) is 3.58. The molecule has 1 rings (SSSR count). The summed E-state index contributed by atoms with van der Waals surface area (Å²) in [5.74, 6) is 0.0214. The van der Waals surface area contributed by atoms with Crippen LogP contribution in [0.1, 0.15) is 16.7 Å². The van der Waals surface area contributed by atoms with Crippen molar-refractivity contribution in [2.75, 3.05) is 7.11 Å². The Morgan fingerprint density at radius 3 is 2.29 bits per heavy atom. The largest absolute Gasteiger partial charge is 0.507 e. The molecule has 0 aliphatic carbocycles. The Balaban J connectivity index is 2.95. The lowest BCUT2D eigenvalue weighted by Gasteiger charge is -2.06. The van der Waals surface area contributed by atoms with Crippen LogP contribution in [-0.4, -0.2) is 18.2 Å². The molecule has 1 N–H and O–H groups in total. The molecule has 0 spiro atoms. The highest BCUT2D eigenvalue weighted by molar-refractivity contribution is 5.72. The monoisotopic (exact) mass is 194 g/mol. The quantitative estimate of drug-likeness (QED) is 0.729. The van der Waals surface area contributed by atoms with Gasteiger partial charge in [0.15, 0.2) is 0 Å². The van der Waals surface area contributed by atoms with E-state index < -0.39 is 0 Å². The molecule has 3 nitrogen and oxygen atoms in total. The molecule has 0 heterocycles. The second-order valence-corrected chi connectivity index (χ2v) is 3.33. The van der Waals surface area contributed by atoms with Gasteiger partial charge < -0.3 is 9.84 Å². The van der Waals surface area contributed by atoms with Gasteiger partial charge >= 0.3 is 5.97 Å². The highest BCUT2D eigenvalue weighted by Gasteiger charge is 2.07. The van der Waals surface area contributed by atoms with E-state index in [4.69, 9.17) is 0 Å². The van der Waals surface area contributed by atoms with E-state index in [1.165, 1.54) is 7.11 Å². The number of hydrogen-bond donors (Lipinski definition) is 1. The van der Waals surface area contributed by atoms with Crippen LogP contribution in [0.15, 0.2) is 12.1 Å². The van der Waals surface area contributed by atoms with Gasteiger partial charge in [-0.2, -0.15) is 0 Å². The Hall–Kier alpha value is -1.51. The highest BCUT2D eigenvalue weighted by atomic mass is 16.5. The lowest BCUT2D eigenvalue weighted by Crippen LogP contribution is -2.04. The number of phenols is 1. The summed E-state index contributed by atoms with van der Waals surface area (Å²) >= 11 is 0. The number of hydrogen-bond acceptors (Lipinski definition) is 3. The van der Waals surface area contributed by atoms with E-state index in [1.807, 2.05) is 13.8 Å². The zero-order valence-corrected chi connectivity index (χ0v) is 8.63. The summed E-state index contributed by atoms with van der Waals surface area (Å²) in [6.45, 7) is 3.62. The van der Waals surface area contributed by atoms with Gasteiger partial charge in [0, 0.05) is 0 Å². The number of esters is 1. The van der Waals surface area contributed by atoms with Crippen LogP contribution in [0.25, 0.3) is 0 Å². The van der Waals surface area contributed by atoms with Crippen molar-refractivity contribution in [2.24, 2.45) is 0 Å². The molecule has 14 heavy (non-hydrogen) atoms. The van der Waals surface area contributed by atoms with Crippen molar-refractivity contribution in [1.29, 1.82) is 0 Å². The lowest BCUT2D eigenvalue weighted by atomic mass is 10.0. The minimum absolute atomic E-state index is 0.248. The third-order valence-corrected chi connectivity index (χ3v) is 2.13. The summed E-state index contributed by atoms with van der Waals surface area (Å²) < 4.78 is 4.56. The van der Waals surface area contributed by atoms with E-state index >= 15 is 0 Å². The molecular formula is C11H14O3. The molecule has 0 aromatic heterocycles. The van der Waals surface area contributed by atoms with Gasteiger partial charge in [-0.3, -0.25) is 4.79 Å². The van der Waals surface area contributed by atoms with Crippen LogP contribution in [0, 0.1) is 13.8 Å². The fourth-order valence-corrected chi connectivity index (χ4v) is 1.39. The maximum atomic E-state index is 11.0. The smallest absolute Gasteiger partial charge is 0.309 e. The van der Waals surface area contributed by atoms with Crippen LogP contribution in [0.3, 0.4) is 0 Å².